The van der Waals surface area contributed by atoms with Crippen LogP contribution in [0.4, 0.5) is 0 Å². The van der Waals surface area contributed by atoms with Crippen molar-refractivity contribution in [1.82, 2.24) is 20.5 Å². The highest BCUT2D eigenvalue weighted by atomic mass is 32.1. The van der Waals surface area contributed by atoms with E-state index in [-0.39, 0.29) is 6.04 Å². The molecule has 0 radical (unpaired) electrons. The molecule has 0 saturated heterocycles. The number of aromatic nitrogens is 1. The maximum absolute atomic E-state index is 5.37. The summed E-state index contributed by atoms with van der Waals surface area (Å²) in [6.07, 6.45) is 0. The summed E-state index contributed by atoms with van der Waals surface area (Å²) in [5.41, 5.74) is 2.29. The molecule has 0 amide bonds. The number of methoxy groups -OCH3 is 1. The van der Waals surface area contributed by atoms with E-state index in [9.17, 15) is 0 Å². The van der Waals surface area contributed by atoms with E-state index >= 15 is 0 Å². The second-order valence-electron chi connectivity index (χ2n) is 6.58. The Morgan fingerprint density at radius 1 is 1.30 bits per heavy atom. The number of benzene rings is 1. The number of guanidine groups is 1. The standard InChI is InChI=1S/C20H31N5OS/c1-7-21-20(23-13-19-24-14(2)15(3)27-19)22-12-18(25(4)5)16-9-8-10-17(11-16)26-6/h8-11,18H,7,12-13H2,1-6H3,(H2,21,22,23). The van der Waals surface area contributed by atoms with Crippen molar-refractivity contribution < 1.29 is 4.74 Å². The molecule has 2 aromatic rings. The van der Waals surface area contributed by atoms with E-state index in [1.54, 1.807) is 18.4 Å². The molecule has 1 aromatic carbocycles. The van der Waals surface area contributed by atoms with Crippen LogP contribution in [-0.4, -0.2) is 50.1 Å². The number of aryl methyl sites for hydroxylation is 2. The first kappa shape index (κ1) is 21.2. The van der Waals surface area contributed by atoms with Crippen molar-refractivity contribution in [2.75, 3.05) is 34.3 Å². The third-order valence-corrected chi connectivity index (χ3v) is 5.41. The summed E-state index contributed by atoms with van der Waals surface area (Å²) in [5, 5.41) is 7.82. The molecule has 1 atom stereocenters. The van der Waals surface area contributed by atoms with Crippen molar-refractivity contribution in [3.05, 3.63) is 45.4 Å². The van der Waals surface area contributed by atoms with Gasteiger partial charge in [0.15, 0.2) is 5.96 Å². The Bertz CT molecular complexity index is 737. The summed E-state index contributed by atoms with van der Waals surface area (Å²) in [7, 11) is 5.86. The molecule has 0 aliphatic carbocycles. The van der Waals surface area contributed by atoms with E-state index in [1.165, 1.54) is 10.4 Å². The Hall–Kier alpha value is -2.12. The molecule has 0 spiro atoms. The molecule has 0 fully saturated rings. The Balaban J connectivity index is 2.07. The largest absolute Gasteiger partial charge is 0.497 e. The molecule has 7 heteroatoms. The van der Waals surface area contributed by atoms with Crippen molar-refractivity contribution in [2.45, 2.75) is 33.4 Å². The molecule has 27 heavy (non-hydrogen) atoms. The molecule has 2 rings (SSSR count). The second kappa shape index (κ2) is 10.3. The smallest absolute Gasteiger partial charge is 0.191 e. The van der Waals surface area contributed by atoms with E-state index in [4.69, 9.17) is 9.73 Å². The molecular weight excluding hydrogens is 358 g/mol. The number of rotatable bonds is 8. The van der Waals surface area contributed by atoms with Crippen LogP contribution in [0.15, 0.2) is 29.3 Å². The molecule has 148 valence electrons. The lowest BCUT2D eigenvalue weighted by Crippen LogP contribution is -2.41. The van der Waals surface area contributed by atoms with Gasteiger partial charge in [0, 0.05) is 18.0 Å². The molecule has 0 saturated carbocycles. The third kappa shape index (κ3) is 6.22. The average molecular weight is 390 g/mol. The monoisotopic (exact) mass is 389 g/mol. The van der Waals surface area contributed by atoms with E-state index < -0.39 is 0 Å². The van der Waals surface area contributed by atoms with E-state index in [0.29, 0.717) is 6.54 Å². The van der Waals surface area contributed by atoms with Gasteiger partial charge in [0.1, 0.15) is 10.8 Å². The number of likely N-dealkylation sites (N-methyl/N-ethyl adjacent to an activating group) is 1. The maximum Gasteiger partial charge on any atom is 0.191 e. The van der Waals surface area contributed by atoms with Crippen LogP contribution in [-0.2, 0) is 6.54 Å². The van der Waals surface area contributed by atoms with Crippen molar-refractivity contribution in [3.63, 3.8) is 0 Å². The van der Waals surface area contributed by atoms with Gasteiger partial charge >= 0.3 is 0 Å². The quantitative estimate of drug-likeness (QED) is 0.536. The zero-order valence-corrected chi connectivity index (χ0v) is 18.0. The third-order valence-electron chi connectivity index (χ3n) is 4.35. The molecule has 0 bridgehead atoms. The van der Waals surface area contributed by atoms with Gasteiger partial charge in [0.2, 0.25) is 0 Å². The fraction of sp³-hybridized carbons (Fsp3) is 0.500. The number of ether oxygens (including phenoxy) is 1. The summed E-state index contributed by atoms with van der Waals surface area (Å²) >= 11 is 1.71. The minimum Gasteiger partial charge on any atom is -0.497 e. The van der Waals surface area contributed by atoms with Crippen molar-refractivity contribution in [2.24, 2.45) is 4.99 Å². The highest BCUT2D eigenvalue weighted by Crippen LogP contribution is 2.22. The number of nitrogens with zero attached hydrogens (tertiary/aromatic N) is 3. The van der Waals surface area contributed by atoms with Gasteiger partial charge in [0.05, 0.1) is 25.4 Å². The first-order valence-electron chi connectivity index (χ1n) is 9.20. The van der Waals surface area contributed by atoms with Gasteiger partial charge in [-0.3, -0.25) is 0 Å². The topological polar surface area (TPSA) is 61.8 Å². The fourth-order valence-electron chi connectivity index (χ4n) is 2.74. The first-order chi connectivity index (χ1) is 12.9. The van der Waals surface area contributed by atoms with Gasteiger partial charge in [-0.2, -0.15) is 0 Å². The van der Waals surface area contributed by atoms with Gasteiger partial charge in [-0.05, 0) is 52.6 Å². The average Bonchev–Trinajstić information content (AvgIpc) is 2.97. The highest BCUT2D eigenvalue weighted by molar-refractivity contribution is 7.11. The van der Waals surface area contributed by atoms with Gasteiger partial charge in [-0.15, -0.1) is 11.3 Å². The van der Waals surface area contributed by atoms with Crippen LogP contribution in [0.1, 0.15) is 34.1 Å². The highest BCUT2D eigenvalue weighted by Gasteiger charge is 2.15. The van der Waals surface area contributed by atoms with Crippen molar-refractivity contribution in [1.29, 1.82) is 0 Å². The lowest BCUT2D eigenvalue weighted by Gasteiger charge is -2.26. The number of hydrogen-bond donors (Lipinski definition) is 2. The van der Waals surface area contributed by atoms with Gasteiger partial charge < -0.3 is 20.3 Å². The predicted octanol–water partition coefficient (Wildman–Crippen LogP) is 3.13. The molecule has 1 heterocycles. The van der Waals surface area contributed by atoms with Crippen LogP contribution in [0.5, 0.6) is 5.75 Å². The van der Waals surface area contributed by atoms with Crippen LogP contribution in [0, 0.1) is 13.8 Å². The fourth-order valence-corrected chi connectivity index (χ4v) is 3.59. The second-order valence-corrected chi connectivity index (χ2v) is 7.87. The number of thiazole rings is 1. The van der Waals surface area contributed by atoms with Crippen LogP contribution < -0.4 is 15.4 Å². The Morgan fingerprint density at radius 2 is 2.07 bits per heavy atom. The maximum atomic E-state index is 5.37. The Labute approximate surface area is 166 Å². The van der Waals surface area contributed by atoms with Crippen LogP contribution in [0.3, 0.4) is 0 Å². The first-order valence-corrected chi connectivity index (χ1v) is 10.0. The summed E-state index contributed by atoms with van der Waals surface area (Å²) in [4.78, 5) is 12.7. The lowest BCUT2D eigenvalue weighted by atomic mass is 10.1. The number of hydrogen-bond acceptors (Lipinski definition) is 5. The van der Waals surface area contributed by atoms with Crippen molar-refractivity contribution in [3.8, 4) is 5.75 Å². The van der Waals surface area contributed by atoms with Crippen molar-refractivity contribution >= 4 is 17.3 Å². The molecule has 1 unspecified atom stereocenters. The van der Waals surface area contributed by atoms with E-state index in [2.05, 4.69) is 60.6 Å². The van der Waals surface area contributed by atoms with Crippen LogP contribution in [0.2, 0.25) is 0 Å². The van der Waals surface area contributed by atoms with Gasteiger partial charge in [-0.1, -0.05) is 12.1 Å². The van der Waals surface area contributed by atoms with Crippen LogP contribution >= 0.6 is 11.3 Å². The van der Waals surface area contributed by atoms with Gasteiger partial charge in [0.25, 0.3) is 0 Å². The summed E-state index contributed by atoms with van der Waals surface area (Å²) in [6, 6.07) is 8.40. The molecular formula is C20H31N5OS. The Kier molecular flexibility index (Phi) is 8.06. The van der Waals surface area contributed by atoms with Crippen LogP contribution in [0.25, 0.3) is 0 Å². The summed E-state index contributed by atoms with van der Waals surface area (Å²) < 4.78 is 5.37. The summed E-state index contributed by atoms with van der Waals surface area (Å²) in [5.74, 6) is 1.67. The minimum atomic E-state index is 0.202. The zero-order valence-electron chi connectivity index (χ0n) is 17.2. The molecule has 1 aromatic heterocycles. The molecule has 0 aliphatic heterocycles. The lowest BCUT2D eigenvalue weighted by molar-refractivity contribution is 0.297. The normalized spacial score (nSPS) is 12.9. The molecule has 6 nitrogen and oxygen atoms in total. The molecule has 2 N–H and O–H groups in total. The Morgan fingerprint density at radius 3 is 2.67 bits per heavy atom. The van der Waals surface area contributed by atoms with E-state index in [0.717, 1.165) is 35.5 Å². The number of nitrogens with one attached hydrogen (secondary N) is 2. The molecule has 0 aliphatic rings. The van der Waals surface area contributed by atoms with E-state index in [1.807, 2.05) is 19.1 Å². The predicted molar refractivity (Wildman–Crippen MR) is 114 cm³/mol. The SMILES string of the molecule is CCNC(=NCc1nc(C)c(C)s1)NCC(c1cccc(OC)c1)N(C)C. The van der Waals surface area contributed by atoms with Gasteiger partial charge in [-0.25, -0.2) is 9.98 Å². The number of aliphatic imine (C=N–C) groups is 1. The zero-order chi connectivity index (χ0) is 19.8. The summed E-state index contributed by atoms with van der Waals surface area (Å²) in [6.45, 7) is 8.34. The minimum absolute atomic E-state index is 0.202.